The molecule has 4 amide bonds. The van der Waals surface area contributed by atoms with E-state index in [2.05, 4.69) is 21.9 Å². The van der Waals surface area contributed by atoms with Crippen LogP contribution in [0.2, 0.25) is 0 Å². The molecule has 2 atom stereocenters. The first-order valence-electron chi connectivity index (χ1n) is 12.8. The lowest BCUT2D eigenvalue weighted by Gasteiger charge is -2.40. The van der Waals surface area contributed by atoms with Crippen LogP contribution in [-0.2, 0) is 4.79 Å². The van der Waals surface area contributed by atoms with Gasteiger partial charge in [-0.3, -0.25) is 24.4 Å². The van der Waals surface area contributed by atoms with E-state index in [0.717, 1.165) is 23.5 Å². The molecule has 1 aromatic carbocycles. The molecule has 1 fully saturated rings. The first kappa shape index (κ1) is 25.5. The highest BCUT2D eigenvalue weighted by Crippen LogP contribution is 2.50. The number of pyridine rings is 2. The Labute approximate surface area is 234 Å². The number of rotatable bonds is 7. The van der Waals surface area contributed by atoms with Crippen LogP contribution in [-0.4, -0.2) is 39.9 Å². The van der Waals surface area contributed by atoms with E-state index in [-0.39, 0.29) is 28.9 Å². The molecule has 4 aromatic rings. The van der Waals surface area contributed by atoms with E-state index in [0.29, 0.717) is 51.6 Å². The Bertz CT molecular complexity index is 1670. The van der Waals surface area contributed by atoms with E-state index in [4.69, 9.17) is 10.5 Å². The molecule has 40 heavy (non-hydrogen) atoms. The number of anilines is 3. The monoisotopic (exact) mass is 554 g/mol. The molecule has 0 unspecified atom stereocenters. The Hall–Kier alpha value is -4.77. The maximum absolute atomic E-state index is 14.4. The van der Waals surface area contributed by atoms with Gasteiger partial charge in [-0.25, -0.2) is 9.78 Å². The van der Waals surface area contributed by atoms with Gasteiger partial charge in [-0.2, -0.15) is 0 Å². The van der Waals surface area contributed by atoms with Crippen molar-refractivity contribution in [2.24, 2.45) is 5.73 Å². The summed E-state index contributed by atoms with van der Waals surface area (Å²) in [4.78, 5) is 52.1. The highest BCUT2D eigenvalue weighted by atomic mass is 32.1. The quantitative estimate of drug-likeness (QED) is 0.302. The van der Waals surface area contributed by atoms with Crippen molar-refractivity contribution in [3.8, 4) is 11.5 Å². The van der Waals surface area contributed by atoms with Gasteiger partial charge in [0.25, 0.3) is 5.91 Å². The second-order valence-corrected chi connectivity index (χ2v) is 10.6. The lowest BCUT2D eigenvalue weighted by atomic mass is 10.0. The van der Waals surface area contributed by atoms with E-state index in [1.807, 2.05) is 13.0 Å². The molecular formula is C29H26N6O4S. The van der Waals surface area contributed by atoms with Crippen LogP contribution in [0.3, 0.4) is 0 Å². The molecule has 11 heteroatoms. The minimum Gasteiger partial charge on any atom is -0.455 e. The molecule has 0 bridgehead atoms. The molecule has 3 aromatic heterocycles. The molecule has 1 saturated carbocycles. The summed E-state index contributed by atoms with van der Waals surface area (Å²) in [5.41, 5.74) is 8.23. The summed E-state index contributed by atoms with van der Waals surface area (Å²) in [5, 5.41) is 3.64. The van der Waals surface area contributed by atoms with Crippen molar-refractivity contribution >= 4 is 56.5 Å². The standard InChI is InChI=1S/C29H26N6O4S/c1-3-23(36)33-19-6-4-7-20(19)35-25-24-21(13-15-32-28(24)40-26(25)27(30)37)34(29(35)38)17-9-11-18(12-10-17)39-22-8-5-14-31-16(22)2/h3,5,8-15,19-20H,1,4,6-7H2,2H3,(H2,30,37)(H,33,36)/t19-,20+/m0/s1. The van der Waals surface area contributed by atoms with Gasteiger partial charge in [0, 0.05) is 12.4 Å². The largest absolute Gasteiger partial charge is 0.455 e. The number of carbonyl (C=O) groups is 3. The summed E-state index contributed by atoms with van der Waals surface area (Å²) in [6, 6.07) is 11.5. The second-order valence-electron chi connectivity index (χ2n) is 9.64. The summed E-state index contributed by atoms with van der Waals surface area (Å²) in [7, 11) is 0. The van der Waals surface area contributed by atoms with Crippen LogP contribution < -0.4 is 25.6 Å². The van der Waals surface area contributed by atoms with Gasteiger partial charge in [0.2, 0.25) is 5.91 Å². The Kier molecular flexibility index (Phi) is 6.43. The summed E-state index contributed by atoms with van der Waals surface area (Å²) in [5.74, 6) is 0.288. The number of nitrogens with one attached hydrogen (secondary N) is 1. The van der Waals surface area contributed by atoms with Gasteiger partial charge >= 0.3 is 6.03 Å². The van der Waals surface area contributed by atoms with Crippen molar-refractivity contribution in [1.82, 2.24) is 15.3 Å². The lowest BCUT2D eigenvalue weighted by Crippen LogP contribution is -2.55. The zero-order chi connectivity index (χ0) is 28.0. The van der Waals surface area contributed by atoms with E-state index < -0.39 is 5.91 Å². The number of urea groups is 1. The SMILES string of the molecule is C=CC(=O)N[C@H]1CCC[C@H]1N1C(=O)N(c2ccc(Oc3cccnc3C)cc2)c2ccnc3sc(C(N)=O)c1c23. The maximum atomic E-state index is 14.4. The van der Waals surface area contributed by atoms with Crippen LogP contribution in [0.4, 0.5) is 21.9 Å². The van der Waals surface area contributed by atoms with E-state index in [9.17, 15) is 14.4 Å². The van der Waals surface area contributed by atoms with Gasteiger partial charge in [-0.1, -0.05) is 6.58 Å². The average molecular weight is 555 g/mol. The third-order valence-corrected chi connectivity index (χ3v) is 8.35. The molecular weight excluding hydrogens is 528 g/mol. The molecule has 3 N–H and O–H groups in total. The Balaban J connectivity index is 1.45. The van der Waals surface area contributed by atoms with Crippen molar-refractivity contribution in [3.05, 3.63) is 78.1 Å². The summed E-state index contributed by atoms with van der Waals surface area (Å²) >= 11 is 1.16. The van der Waals surface area contributed by atoms with Crippen LogP contribution in [0.1, 0.15) is 34.6 Å². The first-order valence-corrected chi connectivity index (χ1v) is 13.7. The third kappa shape index (κ3) is 4.24. The molecule has 1 aliphatic heterocycles. The summed E-state index contributed by atoms with van der Waals surface area (Å²) in [6.07, 6.45) is 6.66. The van der Waals surface area contributed by atoms with Crippen molar-refractivity contribution in [3.63, 3.8) is 0 Å². The van der Waals surface area contributed by atoms with Gasteiger partial charge in [0.15, 0.2) is 0 Å². The number of amides is 4. The zero-order valence-electron chi connectivity index (χ0n) is 21.7. The number of aromatic nitrogens is 2. The second kappa shape index (κ2) is 10.1. The number of ether oxygens (including phenoxy) is 1. The van der Waals surface area contributed by atoms with E-state index in [1.54, 1.807) is 58.6 Å². The van der Waals surface area contributed by atoms with Crippen molar-refractivity contribution in [2.45, 2.75) is 38.3 Å². The Morgan fingerprint density at radius 3 is 2.67 bits per heavy atom. The van der Waals surface area contributed by atoms with Crippen LogP contribution in [0.25, 0.3) is 10.2 Å². The van der Waals surface area contributed by atoms with Crippen molar-refractivity contribution < 1.29 is 19.1 Å². The van der Waals surface area contributed by atoms with Gasteiger partial charge < -0.3 is 15.8 Å². The van der Waals surface area contributed by atoms with Crippen LogP contribution in [0, 0.1) is 6.92 Å². The van der Waals surface area contributed by atoms with Crippen molar-refractivity contribution in [1.29, 1.82) is 0 Å². The van der Waals surface area contributed by atoms with Crippen molar-refractivity contribution in [2.75, 3.05) is 9.80 Å². The van der Waals surface area contributed by atoms with Gasteiger partial charge in [-0.05, 0) is 74.7 Å². The molecule has 1 aliphatic carbocycles. The van der Waals surface area contributed by atoms with Crippen LogP contribution in [0.15, 0.2) is 67.5 Å². The molecule has 202 valence electrons. The van der Waals surface area contributed by atoms with Gasteiger partial charge in [-0.15, -0.1) is 11.3 Å². The summed E-state index contributed by atoms with van der Waals surface area (Å²) in [6.45, 7) is 5.42. The highest BCUT2D eigenvalue weighted by Gasteiger charge is 2.45. The average Bonchev–Trinajstić information content (AvgIpc) is 3.57. The lowest BCUT2D eigenvalue weighted by molar-refractivity contribution is -0.117. The fraction of sp³-hybridized carbons (Fsp3) is 0.207. The van der Waals surface area contributed by atoms with Gasteiger partial charge in [0.1, 0.15) is 21.2 Å². The smallest absolute Gasteiger partial charge is 0.334 e. The minimum atomic E-state index is -0.632. The molecule has 10 nitrogen and oxygen atoms in total. The minimum absolute atomic E-state index is 0.263. The number of hydrogen-bond acceptors (Lipinski definition) is 7. The predicted octanol–water partition coefficient (Wildman–Crippen LogP) is 5.19. The number of aryl methyl sites for hydroxylation is 1. The van der Waals surface area contributed by atoms with Gasteiger partial charge in [0.05, 0.1) is 40.2 Å². The molecule has 2 aliphatic rings. The maximum Gasteiger partial charge on any atom is 0.334 e. The topological polar surface area (TPSA) is 131 Å². The highest BCUT2D eigenvalue weighted by molar-refractivity contribution is 7.21. The van der Waals surface area contributed by atoms with E-state index in [1.165, 1.54) is 6.08 Å². The third-order valence-electron chi connectivity index (χ3n) is 7.25. The Morgan fingerprint density at radius 1 is 1.15 bits per heavy atom. The fourth-order valence-corrected chi connectivity index (χ4v) is 6.47. The molecule has 0 radical (unpaired) electrons. The number of benzene rings is 1. The Morgan fingerprint density at radius 2 is 1.95 bits per heavy atom. The molecule has 0 saturated heterocycles. The number of nitrogens with zero attached hydrogens (tertiary/aromatic N) is 4. The molecule has 6 rings (SSSR count). The normalized spacial score (nSPS) is 18.2. The molecule has 4 heterocycles. The predicted molar refractivity (Wildman–Crippen MR) is 153 cm³/mol. The number of nitrogens with two attached hydrogens (primary N) is 1. The van der Waals surface area contributed by atoms with Crippen LogP contribution in [0.5, 0.6) is 11.5 Å². The van der Waals surface area contributed by atoms with E-state index >= 15 is 0 Å². The number of hydrogen-bond donors (Lipinski definition) is 2. The first-order chi connectivity index (χ1) is 19.4. The number of carbonyl (C=O) groups excluding carboxylic acids is 3. The number of primary amides is 1. The molecule has 0 spiro atoms. The van der Waals surface area contributed by atoms with Crippen LogP contribution >= 0.6 is 11.3 Å². The zero-order valence-corrected chi connectivity index (χ0v) is 22.5. The fourth-order valence-electron chi connectivity index (χ4n) is 5.47. The summed E-state index contributed by atoms with van der Waals surface area (Å²) < 4.78 is 6.00. The number of thiophene rings is 1.